The molecule has 0 aromatic carbocycles. The Labute approximate surface area is 108 Å². The molecule has 1 aromatic rings. The average molecular weight is 253 g/mol. The lowest BCUT2D eigenvalue weighted by molar-refractivity contribution is 0.453. The first kappa shape index (κ1) is 13.0. The molecule has 1 aromatic heterocycles. The molecule has 2 heterocycles. The molecule has 0 amide bonds. The van der Waals surface area contributed by atoms with Gasteiger partial charge < -0.3 is 5.32 Å². The van der Waals surface area contributed by atoms with Crippen LogP contribution in [0.25, 0.3) is 0 Å². The number of aryl methyl sites for hydroxylation is 1. The zero-order chi connectivity index (χ0) is 12.1. The minimum atomic E-state index is 0.466. The normalized spacial score (nSPS) is 22.6. The molecule has 1 N–H and O–H groups in total. The van der Waals surface area contributed by atoms with E-state index in [-0.39, 0.29) is 0 Å². The number of hydrogen-bond acceptors (Lipinski definition) is 3. The van der Waals surface area contributed by atoms with E-state index in [2.05, 4.69) is 46.8 Å². The van der Waals surface area contributed by atoms with Gasteiger partial charge in [-0.15, -0.1) is 0 Å². The summed E-state index contributed by atoms with van der Waals surface area (Å²) in [5.41, 5.74) is 1.36. The van der Waals surface area contributed by atoms with Gasteiger partial charge in [0.05, 0.1) is 11.7 Å². The van der Waals surface area contributed by atoms with Gasteiger partial charge in [0.15, 0.2) is 0 Å². The Bertz CT molecular complexity index is 331. The van der Waals surface area contributed by atoms with E-state index in [1.807, 2.05) is 6.20 Å². The van der Waals surface area contributed by atoms with E-state index in [9.17, 15) is 0 Å². The molecule has 0 bridgehead atoms. The van der Waals surface area contributed by atoms with E-state index >= 15 is 0 Å². The Hall–Kier alpha value is -0.480. The number of aromatic nitrogens is 2. The van der Waals surface area contributed by atoms with E-state index < -0.39 is 0 Å². The van der Waals surface area contributed by atoms with E-state index in [0.717, 1.165) is 13.1 Å². The number of nitrogens with zero attached hydrogens (tertiary/aromatic N) is 2. The third-order valence-electron chi connectivity index (χ3n) is 3.38. The number of rotatable bonds is 5. The van der Waals surface area contributed by atoms with Crippen LogP contribution >= 0.6 is 11.8 Å². The summed E-state index contributed by atoms with van der Waals surface area (Å²) in [5, 5.41) is 8.76. The summed E-state index contributed by atoms with van der Waals surface area (Å²) in [6.45, 7) is 6.33. The monoisotopic (exact) mass is 253 g/mol. The van der Waals surface area contributed by atoms with Crippen molar-refractivity contribution in [1.82, 2.24) is 15.1 Å². The van der Waals surface area contributed by atoms with Crippen LogP contribution in [0.15, 0.2) is 12.3 Å². The maximum Gasteiger partial charge on any atom is 0.0612 e. The first-order valence-corrected chi connectivity index (χ1v) is 7.78. The summed E-state index contributed by atoms with van der Waals surface area (Å²) in [6, 6.07) is 2.64. The Morgan fingerprint density at radius 3 is 3.06 bits per heavy atom. The molecule has 0 aliphatic carbocycles. The van der Waals surface area contributed by atoms with Crippen LogP contribution in [0.5, 0.6) is 0 Å². The Balaban J connectivity index is 2.15. The van der Waals surface area contributed by atoms with E-state index in [0.29, 0.717) is 11.3 Å². The van der Waals surface area contributed by atoms with Gasteiger partial charge in [0.1, 0.15) is 0 Å². The lowest BCUT2D eigenvalue weighted by Crippen LogP contribution is -2.33. The number of hydrogen-bond donors (Lipinski definition) is 1. The Kier molecular flexibility index (Phi) is 4.92. The highest BCUT2D eigenvalue weighted by Gasteiger charge is 2.27. The van der Waals surface area contributed by atoms with Crippen LogP contribution in [0.4, 0.5) is 0 Å². The molecule has 1 saturated heterocycles. The van der Waals surface area contributed by atoms with Gasteiger partial charge in [0.2, 0.25) is 0 Å². The van der Waals surface area contributed by atoms with Crippen LogP contribution < -0.4 is 5.32 Å². The highest BCUT2D eigenvalue weighted by Crippen LogP contribution is 2.34. The second kappa shape index (κ2) is 6.45. The van der Waals surface area contributed by atoms with Crippen LogP contribution in [-0.4, -0.2) is 27.3 Å². The lowest BCUT2D eigenvalue weighted by atomic mass is 10.0. The Morgan fingerprint density at radius 1 is 1.53 bits per heavy atom. The quantitative estimate of drug-likeness (QED) is 0.875. The molecule has 1 aliphatic heterocycles. The van der Waals surface area contributed by atoms with Gasteiger partial charge in [0.25, 0.3) is 0 Å². The van der Waals surface area contributed by atoms with Crippen molar-refractivity contribution in [1.29, 1.82) is 0 Å². The van der Waals surface area contributed by atoms with Crippen molar-refractivity contribution in [3.05, 3.63) is 18.0 Å². The summed E-state index contributed by atoms with van der Waals surface area (Å²) < 4.78 is 2.13. The van der Waals surface area contributed by atoms with Gasteiger partial charge in [-0.2, -0.15) is 16.9 Å². The van der Waals surface area contributed by atoms with Crippen molar-refractivity contribution >= 4 is 11.8 Å². The second-order valence-corrected chi connectivity index (χ2v) is 5.86. The first-order valence-electron chi connectivity index (χ1n) is 6.73. The van der Waals surface area contributed by atoms with Gasteiger partial charge in [-0.1, -0.05) is 13.3 Å². The standard InChI is InChI=1S/C13H23N3S/c1-3-14-13(12-7-5-6-10-17-12)11-8-9-15-16(11)4-2/h8-9,12-14H,3-7,10H2,1-2H3. The van der Waals surface area contributed by atoms with Crippen LogP contribution in [-0.2, 0) is 6.54 Å². The highest BCUT2D eigenvalue weighted by atomic mass is 32.2. The van der Waals surface area contributed by atoms with E-state index in [1.165, 1.54) is 30.7 Å². The summed E-state index contributed by atoms with van der Waals surface area (Å²) >= 11 is 2.13. The molecule has 3 nitrogen and oxygen atoms in total. The van der Waals surface area contributed by atoms with Gasteiger partial charge in [0, 0.05) is 18.0 Å². The maximum atomic E-state index is 4.40. The molecule has 1 aliphatic rings. The third kappa shape index (κ3) is 3.05. The molecular weight excluding hydrogens is 230 g/mol. The molecule has 2 atom stereocenters. The van der Waals surface area contributed by atoms with Gasteiger partial charge >= 0.3 is 0 Å². The summed E-state index contributed by atoms with van der Waals surface area (Å²) in [4.78, 5) is 0. The molecule has 17 heavy (non-hydrogen) atoms. The maximum absolute atomic E-state index is 4.40. The van der Waals surface area contributed by atoms with Crippen LogP contribution in [0.2, 0.25) is 0 Å². The van der Waals surface area contributed by atoms with Crippen LogP contribution in [0, 0.1) is 0 Å². The highest BCUT2D eigenvalue weighted by molar-refractivity contribution is 8.00. The fraction of sp³-hybridized carbons (Fsp3) is 0.769. The predicted molar refractivity (Wildman–Crippen MR) is 74.4 cm³/mol. The van der Waals surface area contributed by atoms with Gasteiger partial charge in [-0.3, -0.25) is 4.68 Å². The predicted octanol–water partition coefficient (Wildman–Crippen LogP) is 2.84. The molecule has 2 rings (SSSR count). The molecule has 2 unspecified atom stereocenters. The third-order valence-corrected chi connectivity index (χ3v) is 4.84. The van der Waals surface area contributed by atoms with Crippen LogP contribution in [0.3, 0.4) is 0 Å². The fourth-order valence-electron chi connectivity index (χ4n) is 2.55. The molecule has 4 heteroatoms. The lowest BCUT2D eigenvalue weighted by Gasteiger charge is -2.30. The summed E-state index contributed by atoms with van der Waals surface area (Å²) in [6.07, 6.45) is 6.01. The topological polar surface area (TPSA) is 29.9 Å². The van der Waals surface area contributed by atoms with Crippen molar-refractivity contribution in [2.45, 2.75) is 50.9 Å². The van der Waals surface area contributed by atoms with Crippen molar-refractivity contribution in [3.63, 3.8) is 0 Å². The molecular formula is C13H23N3S. The average Bonchev–Trinajstić information content (AvgIpc) is 2.85. The molecule has 0 saturated carbocycles. The largest absolute Gasteiger partial charge is 0.308 e. The molecule has 0 radical (unpaired) electrons. The zero-order valence-corrected chi connectivity index (χ0v) is 11.7. The second-order valence-electron chi connectivity index (χ2n) is 4.51. The Morgan fingerprint density at radius 2 is 2.41 bits per heavy atom. The van der Waals surface area contributed by atoms with Crippen molar-refractivity contribution < 1.29 is 0 Å². The first-order chi connectivity index (χ1) is 8.36. The van der Waals surface area contributed by atoms with E-state index in [4.69, 9.17) is 0 Å². The van der Waals surface area contributed by atoms with Crippen LogP contribution in [0.1, 0.15) is 44.8 Å². The molecule has 96 valence electrons. The fourth-order valence-corrected chi connectivity index (χ4v) is 3.98. The van der Waals surface area contributed by atoms with Crippen molar-refractivity contribution in [2.75, 3.05) is 12.3 Å². The zero-order valence-electron chi connectivity index (χ0n) is 10.9. The SMILES string of the molecule is CCNC(c1ccnn1CC)C1CCCCS1. The molecule has 0 spiro atoms. The number of nitrogens with one attached hydrogen (secondary N) is 1. The van der Waals surface area contributed by atoms with Gasteiger partial charge in [-0.05, 0) is 38.1 Å². The summed E-state index contributed by atoms with van der Waals surface area (Å²) in [5.74, 6) is 1.31. The summed E-state index contributed by atoms with van der Waals surface area (Å²) in [7, 11) is 0. The van der Waals surface area contributed by atoms with Crippen molar-refractivity contribution in [3.8, 4) is 0 Å². The number of thioether (sulfide) groups is 1. The van der Waals surface area contributed by atoms with Crippen molar-refractivity contribution in [2.24, 2.45) is 0 Å². The minimum absolute atomic E-state index is 0.466. The van der Waals surface area contributed by atoms with Gasteiger partial charge in [-0.25, -0.2) is 0 Å². The van der Waals surface area contributed by atoms with E-state index in [1.54, 1.807) is 0 Å². The smallest absolute Gasteiger partial charge is 0.0612 e. The minimum Gasteiger partial charge on any atom is -0.308 e. The molecule has 1 fully saturated rings.